The minimum atomic E-state index is -0.162. The number of benzene rings is 1. The highest BCUT2D eigenvalue weighted by atomic mass is 35.5. The fourth-order valence-electron chi connectivity index (χ4n) is 2.59. The van der Waals surface area contributed by atoms with E-state index in [1.54, 1.807) is 16.7 Å². The fraction of sp³-hybridized carbons (Fsp3) is 0.318. The van der Waals surface area contributed by atoms with Crippen LogP contribution in [0.4, 0.5) is 0 Å². The van der Waals surface area contributed by atoms with Crippen LogP contribution in [-0.2, 0) is 11.3 Å². The Morgan fingerprint density at radius 2 is 1.89 bits per heavy atom. The summed E-state index contributed by atoms with van der Waals surface area (Å²) in [5.41, 5.74) is 4.42. The lowest BCUT2D eigenvalue weighted by molar-refractivity contribution is -0.684. The van der Waals surface area contributed by atoms with E-state index < -0.39 is 0 Å². The maximum absolute atomic E-state index is 12.2. The highest BCUT2D eigenvalue weighted by molar-refractivity contribution is 6.42. The van der Waals surface area contributed by atoms with E-state index in [4.69, 9.17) is 23.2 Å². The molecule has 6 heteroatoms. The van der Waals surface area contributed by atoms with Gasteiger partial charge in [-0.3, -0.25) is 4.79 Å². The number of rotatable bonds is 10. The highest BCUT2D eigenvalue weighted by Gasteiger charge is 2.07. The summed E-state index contributed by atoms with van der Waals surface area (Å²) >= 11 is 12.0. The van der Waals surface area contributed by atoms with E-state index in [2.05, 4.69) is 17.5 Å². The molecule has 1 amide bonds. The molecule has 4 nitrogen and oxygen atoms in total. The first-order valence-electron chi connectivity index (χ1n) is 9.51. The number of carbonyl (C=O) groups excluding carboxylic acids is 1. The number of nitrogens with zero attached hydrogens (tertiary/aromatic N) is 2. The van der Waals surface area contributed by atoms with Crippen LogP contribution in [0.25, 0.3) is 6.08 Å². The molecule has 0 spiro atoms. The quantitative estimate of drug-likeness (QED) is 0.237. The largest absolute Gasteiger partial charge is 0.305 e. The number of pyridine rings is 1. The Kier molecular flexibility index (Phi) is 9.73. The second-order valence-electron chi connectivity index (χ2n) is 6.50. The van der Waals surface area contributed by atoms with Gasteiger partial charge in [-0.05, 0) is 36.6 Å². The summed E-state index contributed by atoms with van der Waals surface area (Å²) < 4.78 is 1.80. The number of allylic oxidation sites excluding steroid dienone is 1. The Bertz CT molecular complexity index is 820. The molecule has 0 aliphatic rings. The molecule has 1 aromatic carbocycles. The molecule has 0 unspecified atom stereocenters. The number of nitrogens with one attached hydrogen (secondary N) is 1. The predicted octanol–water partition coefficient (Wildman–Crippen LogP) is 5.44. The number of hydrogen-bond donors (Lipinski definition) is 1. The highest BCUT2D eigenvalue weighted by Crippen LogP contribution is 2.23. The van der Waals surface area contributed by atoms with Crippen LogP contribution in [0, 0.1) is 0 Å². The van der Waals surface area contributed by atoms with Crippen molar-refractivity contribution in [1.82, 2.24) is 5.43 Å². The summed E-state index contributed by atoms with van der Waals surface area (Å²) in [6.07, 6.45) is 12.9. The summed E-state index contributed by atoms with van der Waals surface area (Å²) in [6.45, 7) is 2.41. The minimum Gasteiger partial charge on any atom is -0.266 e. The van der Waals surface area contributed by atoms with E-state index >= 15 is 0 Å². The van der Waals surface area contributed by atoms with E-state index in [1.807, 2.05) is 48.8 Å². The average Bonchev–Trinajstić information content (AvgIpc) is 2.70. The van der Waals surface area contributed by atoms with Gasteiger partial charge in [0.1, 0.15) is 0 Å². The molecule has 0 saturated heterocycles. The number of halogens is 2. The molecule has 0 radical (unpaired) electrons. The van der Waals surface area contributed by atoms with Crippen molar-refractivity contribution in [2.45, 2.75) is 45.6 Å². The Hall–Kier alpha value is -2.17. The minimum absolute atomic E-state index is 0.162. The SMILES string of the molecule is CCCCCCC(/C=C/c1ccc(Cl)c(Cl)c1)=N\NC(=O)C[n+]1ccccc1. The lowest BCUT2D eigenvalue weighted by Gasteiger charge is -2.04. The zero-order valence-corrected chi connectivity index (χ0v) is 17.6. The van der Waals surface area contributed by atoms with Gasteiger partial charge in [0, 0.05) is 12.1 Å². The topological polar surface area (TPSA) is 45.3 Å². The van der Waals surface area contributed by atoms with Gasteiger partial charge < -0.3 is 0 Å². The van der Waals surface area contributed by atoms with Crippen LogP contribution in [0.5, 0.6) is 0 Å². The number of carbonyl (C=O) groups is 1. The zero-order chi connectivity index (χ0) is 20.2. The standard InChI is InChI=1S/C22H25Cl2N3O/c1-2-3-4-6-9-19(12-10-18-11-13-20(23)21(24)16-18)25-26-22(28)17-27-14-7-5-8-15-27/h5,7-8,10-16H,2-4,6,9,17H2,1H3/p+1/b12-10+,25-19+. The van der Waals surface area contributed by atoms with E-state index in [0.717, 1.165) is 30.5 Å². The molecule has 2 rings (SSSR count). The average molecular weight is 419 g/mol. The van der Waals surface area contributed by atoms with Crippen LogP contribution in [0.3, 0.4) is 0 Å². The van der Waals surface area contributed by atoms with Gasteiger partial charge in [0.05, 0.1) is 15.8 Å². The molecule has 148 valence electrons. The van der Waals surface area contributed by atoms with Gasteiger partial charge in [-0.2, -0.15) is 9.67 Å². The van der Waals surface area contributed by atoms with Gasteiger partial charge >= 0.3 is 5.91 Å². The molecular weight excluding hydrogens is 393 g/mol. The molecule has 2 aromatic rings. The fourth-order valence-corrected chi connectivity index (χ4v) is 2.90. The number of hydrazone groups is 1. The molecule has 0 aliphatic heterocycles. The third kappa shape index (κ3) is 8.24. The lowest BCUT2D eigenvalue weighted by atomic mass is 10.1. The molecular formula is C22H26Cl2N3O+. The van der Waals surface area contributed by atoms with Gasteiger partial charge in [0.15, 0.2) is 12.4 Å². The van der Waals surface area contributed by atoms with Crippen LogP contribution >= 0.6 is 23.2 Å². The van der Waals surface area contributed by atoms with Crippen molar-refractivity contribution >= 4 is 40.9 Å². The Morgan fingerprint density at radius 1 is 1.11 bits per heavy atom. The third-order valence-corrected chi connectivity index (χ3v) is 4.87. The summed E-state index contributed by atoms with van der Waals surface area (Å²) in [5, 5.41) is 5.37. The monoisotopic (exact) mass is 418 g/mol. The van der Waals surface area contributed by atoms with Crippen molar-refractivity contribution in [2.24, 2.45) is 5.10 Å². The van der Waals surface area contributed by atoms with E-state index in [0.29, 0.717) is 10.0 Å². The number of amides is 1. The van der Waals surface area contributed by atoms with Crippen molar-refractivity contribution in [3.63, 3.8) is 0 Å². The Balaban J connectivity index is 2.02. The van der Waals surface area contributed by atoms with Crippen LogP contribution in [0.15, 0.2) is 60.0 Å². The molecule has 1 N–H and O–H groups in total. The van der Waals surface area contributed by atoms with E-state index in [1.165, 1.54) is 12.8 Å². The molecule has 28 heavy (non-hydrogen) atoms. The summed E-state index contributed by atoms with van der Waals surface area (Å²) in [5.74, 6) is -0.162. The maximum Gasteiger partial charge on any atom is 0.305 e. The number of aromatic nitrogens is 1. The molecule has 1 aromatic heterocycles. The predicted molar refractivity (Wildman–Crippen MR) is 116 cm³/mol. The first-order chi connectivity index (χ1) is 13.6. The van der Waals surface area contributed by atoms with Crippen molar-refractivity contribution in [1.29, 1.82) is 0 Å². The summed E-state index contributed by atoms with van der Waals surface area (Å²) in [6, 6.07) is 11.1. The smallest absolute Gasteiger partial charge is 0.266 e. The Morgan fingerprint density at radius 3 is 2.61 bits per heavy atom. The number of unbranched alkanes of at least 4 members (excludes halogenated alkanes) is 3. The third-order valence-electron chi connectivity index (χ3n) is 4.13. The van der Waals surface area contributed by atoms with Gasteiger partial charge in [0.2, 0.25) is 6.54 Å². The normalized spacial score (nSPS) is 11.8. The second kappa shape index (κ2) is 12.3. The lowest BCUT2D eigenvalue weighted by Crippen LogP contribution is -2.41. The van der Waals surface area contributed by atoms with E-state index in [-0.39, 0.29) is 12.5 Å². The number of hydrogen-bond acceptors (Lipinski definition) is 2. The van der Waals surface area contributed by atoms with Crippen molar-refractivity contribution in [2.75, 3.05) is 0 Å². The summed E-state index contributed by atoms with van der Waals surface area (Å²) in [4.78, 5) is 12.2. The van der Waals surface area contributed by atoms with Crippen molar-refractivity contribution < 1.29 is 9.36 Å². The van der Waals surface area contributed by atoms with Crippen LogP contribution in [0.1, 0.15) is 44.6 Å². The van der Waals surface area contributed by atoms with Gasteiger partial charge in [-0.25, -0.2) is 5.43 Å². The van der Waals surface area contributed by atoms with Crippen molar-refractivity contribution in [3.8, 4) is 0 Å². The van der Waals surface area contributed by atoms with Gasteiger partial charge in [-0.1, -0.05) is 67.6 Å². The van der Waals surface area contributed by atoms with Crippen LogP contribution < -0.4 is 9.99 Å². The van der Waals surface area contributed by atoms with Crippen LogP contribution in [0.2, 0.25) is 10.0 Å². The maximum atomic E-state index is 12.2. The van der Waals surface area contributed by atoms with Gasteiger partial charge in [0.25, 0.3) is 0 Å². The molecule has 0 saturated carbocycles. The first-order valence-corrected chi connectivity index (χ1v) is 10.3. The van der Waals surface area contributed by atoms with Crippen LogP contribution in [-0.4, -0.2) is 11.6 Å². The molecule has 0 atom stereocenters. The molecule has 0 bridgehead atoms. The molecule has 1 heterocycles. The Labute approximate surface area is 176 Å². The molecule has 0 fully saturated rings. The zero-order valence-electron chi connectivity index (χ0n) is 16.1. The second-order valence-corrected chi connectivity index (χ2v) is 7.32. The first kappa shape index (κ1) is 22.1. The van der Waals surface area contributed by atoms with Gasteiger partial charge in [-0.15, -0.1) is 0 Å². The van der Waals surface area contributed by atoms with E-state index in [9.17, 15) is 4.79 Å². The summed E-state index contributed by atoms with van der Waals surface area (Å²) in [7, 11) is 0. The van der Waals surface area contributed by atoms with Crippen molar-refractivity contribution in [3.05, 3.63) is 70.5 Å². The molecule has 0 aliphatic carbocycles.